The van der Waals surface area contributed by atoms with E-state index >= 15 is 0 Å². The van der Waals surface area contributed by atoms with Gasteiger partial charge in [-0.25, -0.2) is 9.59 Å². The number of ether oxygens (including phenoxy) is 3. The molecule has 3 rings (SSSR count). The van der Waals surface area contributed by atoms with Crippen molar-refractivity contribution in [3.63, 3.8) is 0 Å². The van der Waals surface area contributed by atoms with Crippen LogP contribution in [0.15, 0.2) is 30.5 Å². The van der Waals surface area contributed by atoms with Crippen molar-refractivity contribution in [2.75, 3.05) is 40.4 Å². The smallest absolute Gasteiger partial charge is 0.410 e. The first-order valence-electron chi connectivity index (χ1n) is 10.1. The first kappa shape index (κ1) is 21.7. The number of rotatable bonds is 8. The monoisotopic (exact) mass is 415 g/mol. The van der Waals surface area contributed by atoms with E-state index in [0.29, 0.717) is 38.6 Å². The summed E-state index contributed by atoms with van der Waals surface area (Å²) in [6, 6.07) is 7.53. The number of nitrogens with zero attached hydrogens (tertiary/aromatic N) is 3. The molecule has 0 saturated carbocycles. The van der Waals surface area contributed by atoms with Crippen LogP contribution in [0.4, 0.5) is 9.59 Å². The van der Waals surface area contributed by atoms with Crippen molar-refractivity contribution in [3.8, 4) is 5.75 Å². The number of benzene rings is 1. The standard InChI is InChI=1S/C22H29N3O5/c1-15(2)14-29-21(26)24(3)10-5-11-25-13-20(30-22(25)27)17-8-9-23-19-7-6-16(28-4)12-18(17)19/h6-9,12,15,20H,5,10-11,13-14H2,1-4H3. The predicted molar refractivity (Wildman–Crippen MR) is 113 cm³/mol. The van der Waals surface area contributed by atoms with Gasteiger partial charge in [0, 0.05) is 37.3 Å². The van der Waals surface area contributed by atoms with Crippen LogP contribution < -0.4 is 4.74 Å². The van der Waals surface area contributed by atoms with Crippen molar-refractivity contribution < 1.29 is 23.8 Å². The molecule has 1 saturated heterocycles. The van der Waals surface area contributed by atoms with E-state index in [9.17, 15) is 9.59 Å². The highest BCUT2D eigenvalue weighted by Gasteiger charge is 2.33. The van der Waals surface area contributed by atoms with E-state index < -0.39 is 0 Å². The lowest BCUT2D eigenvalue weighted by Crippen LogP contribution is -2.33. The van der Waals surface area contributed by atoms with Crippen LogP contribution in [0.2, 0.25) is 0 Å². The number of hydrogen-bond acceptors (Lipinski definition) is 6. The average molecular weight is 415 g/mol. The van der Waals surface area contributed by atoms with E-state index in [4.69, 9.17) is 14.2 Å². The molecular formula is C22H29N3O5. The normalized spacial score (nSPS) is 16.1. The molecule has 1 unspecified atom stereocenters. The third kappa shape index (κ3) is 5.11. The largest absolute Gasteiger partial charge is 0.497 e. The summed E-state index contributed by atoms with van der Waals surface area (Å²) in [5, 5.41) is 0.907. The van der Waals surface area contributed by atoms with Gasteiger partial charge in [0.1, 0.15) is 11.9 Å². The Morgan fingerprint density at radius 2 is 2.17 bits per heavy atom. The topological polar surface area (TPSA) is 81.2 Å². The van der Waals surface area contributed by atoms with Gasteiger partial charge in [0.05, 0.1) is 25.8 Å². The zero-order valence-corrected chi connectivity index (χ0v) is 18.0. The summed E-state index contributed by atoms with van der Waals surface area (Å²) in [6.45, 7) is 5.84. The molecule has 0 radical (unpaired) electrons. The lowest BCUT2D eigenvalue weighted by molar-refractivity contribution is 0.0988. The summed E-state index contributed by atoms with van der Waals surface area (Å²) in [4.78, 5) is 31.9. The van der Waals surface area contributed by atoms with Crippen LogP contribution in [0.25, 0.3) is 10.9 Å². The fourth-order valence-electron chi connectivity index (χ4n) is 3.35. The van der Waals surface area contributed by atoms with Gasteiger partial charge in [0.2, 0.25) is 0 Å². The Labute approximate surface area is 176 Å². The Kier molecular flexibility index (Phi) is 6.97. The first-order valence-corrected chi connectivity index (χ1v) is 10.1. The molecule has 0 N–H and O–H groups in total. The highest BCUT2D eigenvalue weighted by Crippen LogP contribution is 2.32. The van der Waals surface area contributed by atoms with Crippen molar-refractivity contribution in [1.29, 1.82) is 0 Å². The van der Waals surface area contributed by atoms with Gasteiger partial charge in [-0.15, -0.1) is 0 Å². The van der Waals surface area contributed by atoms with E-state index in [1.165, 1.54) is 4.90 Å². The van der Waals surface area contributed by atoms with Crippen LogP contribution in [-0.2, 0) is 9.47 Å². The van der Waals surface area contributed by atoms with Crippen LogP contribution in [0.1, 0.15) is 31.9 Å². The van der Waals surface area contributed by atoms with Crippen molar-refractivity contribution in [2.45, 2.75) is 26.4 Å². The molecule has 8 nitrogen and oxygen atoms in total. The van der Waals surface area contributed by atoms with Crippen molar-refractivity contribution in [2.24, 2.45) is 5.92 Å². The van der Waals surface area contributed by atoms with Gasteiger partial charge < -0.3 is 24.0 Å². The molecule has 162 valence electrons. The van der Waals surface area contributed by atoms with Crippen molar-refractivity contribution in [3.05, 3.63) is 36.0 Å². The van der Waals surface area contributed by atoms with Crippen LogP contribution in [0.3, 0.4) is 0 Å². The van der Waals surface area contributed by atoms with Crippen LogP contribution >= 0.6 is 0 Å². The predicted octanol–water partition coefficient (Wildman–Crippen LogP) is 3.85. The van der Waals surface area contributed by atoms with Crippen molar-refractivity contribution in [1.82, 2.24) is 14.8 Å². The zero-order chi connectivity index (χ0) is 21.7. The summed E-state index contributed by atoms with van der Waals surface area (Å²) < 4.78 is 16.2. The first-order chi connectivity index (χ1) is 14.4. The molecule has 1 aliphatic rings. The third-order valence-corrected chi connectivity index (χ3v) is 4.99. The Balaban J connectivity index is 1.58. The van der Waals surface area contributed by atoms with Gasteiger partial charge in [-0.3, -0.25) is 4.98 Å². The fraction of sp³-hybridized carbons (Fsp3) is 0.500. The Morgan fingerprint density at radius 1 is 1.37 bits per heavy atom. The molecule has 0 aliphatic carbocycles. The van der Waals surface area contributed by atoms with E-state index in [0.717, 1.165) is 22.2 Å². The Hall–Kier alpha value is -3.03. The zero-order valence-electron chi connectivity index (χ0n) is 18.0. The van der Waals surface area contributed by atoms with Gasteiger partial charge in [0.25, 0.3) is 0 Å². The van der Waals surface area contributed by atoms with E-state index in [1.807, 2.05) is 38.1 Å². The van der Waals surface area contributed by atoms with Crippen LogP contribution in [0, 0.1) is 5.92 Å². The van der Waals surface area contributed by atoms with Gasteiger partial charge in [-0.2, -0.15) is 0 Å². The quantitative estimate of drug-likeness (QED) is 0.651. The van der Waals surface area contributed by atoms with E-state index in [1.54, 1.807) is 25.3 Å². The third-order valence-electron chi connectivity index (χ3n) is 4.99. The number of cyclic esters (lactones) is 1. The molecule has 1 aromatic heterocycles. The minimum atomic E-state index is -0.371. The second-order valence-electron chi connectivity index (χ2n) is 7.85. The number of hydrogen-bond donors (Lipinski definition) is 0. The molecule has 1 fully saturated rings. The summed E-state index contributed by atoms with van der Waals surface area (Å²) in [7, 11) is 3.31. The van der Waals surface area contributed by atoms with Crippen molar-refractivity contribution >= 4 is 23.1 Å². The number of amides is 2. The van der Waals surface area contributed by atoms with E-state index in [-0.39, 0.29) is 18.3 Å². The molecule has 8 heteroatoms. The molecule has 2 amide bonds. The molecule has 1 aliphatic heterocycles. The minimum absolute atomic E-state index is 0.294. The van der Waals surface area contributed by atoms with Gasteiger partial charge in [0.15, 0.2) is 0 Å². The fourth-order valence-corrected chi connectivity index (χ4v) is 3.35. The molecular weight excluding hydrogens is 386 g/mol. The maximum absolute atomic E-state index is 12.4. The number of fused-ring (bicyclic) bond motifs is 1. The Morgan fingerprint density at radius 3 is 2.90 bits per heavy atom. The number of methoxy groups -OCH3 is 1. The molecule has 0 bridgehead atoms. The molecule has 30 heavy (non-hydrogen) atoms. The van der Waals surface area contributed by atoms with Crippen LogP contribution in [-0.4, -0.2) is 67.4 Å². The average Bonchev–Trinajstić information content (AvgIpc) is 3.11. The van der Waals surface area contributed by atoms with Crippen LogP contribution in [0.5, 0.6) is 5.75 Å². The highest BCUT2D eigenvalue weighted by atomic mass is 16.6. The second kappa shape index (κ2) is 9.65. The van der Waals surface area contributed by atoms with E-state index in [2.05, 4.69) is 4.98 Å². The number of aromatic nitrogens is 1. The molecule has 2 heterocycles. The molecule has 1 aromatic carbocycles. The van der Waals surface area contributed by atoms with Gasteiger partial charge in [-0.05, 0) is 36.6 Å². The summed E-state index contributed by atoms with van der Waals surface area (Å²) in [5.41, 5.74) is 1.73. The summed E-state index contributed by atoms with van der Waals surface area (Å²) in [6.07, 6.45) is 1.29. The molecule has 2 aromatic rings. The lowest BCUT2D eigenvalue weighted by atomic mass is 10.0. The molecule has 0 spiro atoms. The second-order valence-corrected chi connectivity index (χ2v) is 7.85. The number of carbonyl (C=O) groups is 2. The lowest BCUT2D eigenvalue weighted by Gasteiger charge is -2.19. The highest BCUT2D eigenvalue weighted by molar-refractivity contribution is 5.84. The summed E-state index contributed by atoms with van der Waals surface area (Å²) in [5.74, 6) is 1.02. The van der Waals surface area contributed by atoms with Gasteiger partial charge in [-0.1, -0.05) is 13.8 Å². The number of carbonyl (C=O) groups excluding carboxylic acids is 2. The maximum atomic E-state index is 12.4. The minimum Gasteiger partial charge on any atom is -0.497 e. The SMILES string of the molecule is COc1ccc2nccc(C3CN(CCCN(C)C(=O)OCC(C)C)C(=O)O3)c2c1. The van der Waals surface area contributed by atoms with Gasteiger partial charge >= 0.3 is 12.2 Å². The molecule has 1 atom stereocenters. The number of pyridine rings is 1. The Bertz CT molecular complexity index is 901. The maximum Gasteiger partial charge on any atom is 0.410 e. The summed E-state index contributed by atoms with van der Waals surface area (Å²) >= 11 is 0.